The molecule has 4 heteroatoms. The molecular weight excluding hydrogens is 355 g/mol. The molecule has 1 saturated heterocycles. The van der Waals surface area contributed by atoms with Gasteiger partial charge in [0.2, 0.25) is 0 Å². The highest BCUT2D eigenvalue weighted by atomic mass is 35.5. The first-order valence-electron chi connectivity index (χ1n) is 8.26. The van der Waals surface area contributed by atoms with Crippen molar-refractivity contribution in [3.8, 4) is 0 Å². The number of esters is 1. The molecule has 1 fully saturated rings. The van der Waals surface area contributed by atoms with E-state index in [9.17, 15) is 4.79 Å². The number of hydrogen-bond donors (Lipinski definition) is 0. The SMILES string of the molecule is C=CC[C@]1(C)C[C@@H](c2cccc(Cl)c2)C(c2ccc(Cl)cc2)OC1=O. The third kappa shape index (κ3) is 3.75. The topological polar surface area (TPSA) is 26.3 Å². The molecule has 1 aliphatic heterocycles. The van der Waals surface area contributed by atoms with Crippen LogP contribution in [0.15, 0.2) is 61.2 Å². The average molecular weight is 375 g/mol. The van der Waals surface area contributed by atoms with E-state index in [1.807, 2.05) is 55.5 Å². The van der Waals surface area contributed by atoms with Gasteiger partial charge in [-0.15, -0.1) is 6.58 Å². The van der Waals surface area contributed by atoms with Crippen molar-refractivity contribution in [2.75, 3.05) is 0 Å². The lowest BCUT2D eigenvalue weighted by molar-refractivity contribution is -0.171. The first kappa shape index (κ1) is 18.0. The molecule has 0 spiro atoms. The van der Waals surface area contributed by atoms with E-state index >= 15 is 0 Å². The Kier molecular flexibility index (Phi) is 5.21. The number of cyclic esters (lactones) is 1. The highest BCUT2D eigenvalue weighted by Gasteiger charge is 2.46. The fourth-order valence-corrected chi connectivity index (χ4v) is 3.81. The molecule has 3 rings (SSSR count). The Morgan fingerprint density at radius 1 is 1.16 bits per heavy atom. The van der Waals surface area contributed by atoms with Crippen LogP contribution in [-0.2, 0) is 9.53 Å². The first-order chi connectivity index (χ1) is 11.9. The summed E-state index contributed by atoms with van der Waals surface area (Å²) >= 11 is 12.2. The number of hydrogen-bond acceptors (Lipinski definition) is 2. The van der Waals surface area contributed by atoms with Gasteiger partial charge in [-0.1, -0.05) is 53.5 Å². The van der Waals surface area contributed by atoms with Crippen LogP contribution in [0.5, 0.6) is 0 Å². The van der Waals surface area contributed by atoms with Gasteiger partial charge < -0.3 is 4.74 Å². The molecule has 0 saturated carbocycles. The molecule has 0 radical (unpaired) electrons. The summed E-state index contributed by atoms with van der Waals surface area (Å²) in [7, 11) is 0. The van der Waals surface area contributed by atoms with Crippen LogP contribution in [0.1, 0.15) is 42.9 Å². The van der Waals surface area contributed by atoms with Gasteiger partial charge in [0.1, 0.15) is 6.10 Å². The van der Waals surface area contributed by atoms with Gasteiger partial charge in [0.15, 0.2) is 0 Å². The van der Waals surface area contributed by atoms with Gasteiger partial charge >= 0.3 is 5.97 Å². The van der Waals surface area contributed by atoms with E-state index in [1.54, 1.807) is 6.08 Å². The molecule has 0 aliphatic carbocycles. The van der Waals surface area contributed by atoms with Crippen molar-refractivity contribution in [3.05, 3.63) is 82.4 Å². The molecule has 3 atom stereocenters. The number of ether oxygens (including phenoxy) is 1. The molecule has 130 valence electrons. The van der Waals surface area contributed by atoms with Crippen molar-refractivity contribution in [1.29, 1.82) is 0 Å². The highest BCUT2D eigenvalue weighted by Crippen LogP contribution is 2.49. The monoisotopic (exact) mass is 374 g/mol. The predicted molar refractivity (Wildman–Crippen MR) is 102 cm³/mol. The third-order valence-electron chi connectivity index (χ3n) is 4.83. The normalized spacial score (nSPS) is 26.1. The van der Waals surface area contributed by atoms with E-state index < -0.39 is 5.41 Å². The van der Waals surface area contributed by atoms with Gasteiger partial charge in [-0.25, -0.2) is 0 Å². The smallest absolute Gasteiger partial charge is 0.312 e. The fourth-order valence-electron chi connectivity index (χ4n) is 3.48. The van der Waals surface area contributed by atoms with E-state index in [4.69, 9.17) is 27.9 Å². The van der Waals surface area contributed by atoms with Crippen molar-refractivity contribution in [2.45, 2.75) is 31.8 Å². The zero-order valence-electron chi connectivity index (χ0n) is 14.0. The summed E-state index contributed by atoms with van der Waals surface area (Å²) in [6.07, 6.45) is 2.67. The minimum atomic E-state index is -0.586. The molecule has 0 aromatic heterocycles. The third-order valence-corrected chi connectivity index (χ3v) is 5.32. The number of rotatable bonds is 4. The molecule has 2 nitrogen and oxygen atoms in total. The molecular formula is C21H20Cl2O2. The molecule has 0 bridgehead atoms. The molecule has 2 aromatic carbocycles. The van der Waals surface area contributed by atoms with Crippen LogP contribution in [0.3, 0.4) is 0 Å². The Bertz CT molecular complexity index is 785. The average Bonchev–Trinajstić information content (AvgIpc) is 2.58. The van der Waals surface area contributed by atoms with Crippen LogP contribution in [0.2, 0.25) is 10.0 Å². The van der Waals surface area contributed by atoms with E-state index in [2.05, 4.69) is 6.58 Å². The molecule has 0 amide bonds. The standard InChI is InChI=1S/C21H20Cl2O2/c1-3-11-21(2)13-18(15-5-4-6-17(23)12-15)19(25-20(21)24)14-7-9-16(22)10-8-14/h3-10,12,18-19H,1,11,13H2,2H3/t18-,19?,21+/m0/s1. The van der Waals surface area contributed by atoms with Crippen molar-refractivity contribution >= 4 is 29.2 Å². The maximum atomic E-state index is 12.7. The van der Waals surface area contributed by atoms with Gasteiger partial charge in [-0.05, 0) is 55.2 Å². The van der Waals surface area contributed by atoms with Crippen LogP contribution >= 0.6 is 23.2 Å². The lowest BCUT2D eigenvalue weighted by atomic mass is 9.71. The molecule has 1 aliphatic rings. The lowest BCUT2D eigenvalue weighted by Gasteiger charge is -2.41. The first-order valence-corrected chi connectivity index (χ1v) is 9.01. The maximum absolute atomic E-state index is 12.7. The number of carbonyl (C=O) groups is 1. The van der Waals surface area contributed by atoms with Crippen molar-refractivity contribution < 1.29 is 9.53 Å². The van der Waals surface area contributed by atoms with Crippen LogP contribution < -0.4 is 0 Å². The van der Waals surface area contributed by atoms with Crippen LogP contribution in [0, 0.1) is 5.41 Å². The lowest BCUT2D eigenvalue weighted by Crippen LogP contribution is -2.39. The number of halogens is 2. The molecule has 25 heavy (non-hydrogen) atoms. The van der Waals surface area contributed by atoms with Crippen molar-refractivity contribution in [3.63, 3.8) is 0 Å². The van der Waals surface area contributed by atoms with Gasteiger partial charge in [-0.3, -0.25) is 4.79 Å². The Labute approximate surface area is 158 Å². The Morgan fingerprint density at radius 2 is 1.88 bits per heavy atom. The Hall–Kier alpha value is -1.77. The quantitative estimate of drug-likeness (QED) is 0.460. The molecule has 1 unspecified atom stereocenters. The fraction of sp³-hybridized carbons (Fsp3) is 0.286. The minimum absolute atomic E-state index is 0.0162. The second kappa shape index (κ2) is 7.23. The van der Waals surface area contributed by atoms with Gasteiger partial charge in [-0.2, -0.15) is 0 Å². The van der Waals surface area contributed by atoms with E-state index in [0.29, 0.717) is 22.9 Å². The summed E-state index contributed by atoms with van der Waals surface area (Å²) in [4.78, 5) is 12.7. The van der Waals surface area contributed by atoms with E-state index in [0.717, 1.165) is 11.1 Å². The van der Waals surface area contributed by atoms with Gasteiger partial charge in [0.25, 0.3) is 0 Å². The van der Waals surface area contributed by atoms with Crippen LogP contribution in [-0.4, -0.2) is 5.97 Å². The summed E-state index contributed by atoms with van der Waals surface area (Å²) in [5, 5.41) is 1.33. The maximum Gasteiger partial charge on any atom is 0.312 e. The second-order valence-electron chi connectivity index (χ2n) is 6.80. The summed E-state index contributed by atoms with van der Waals surface area (Å²) in [5.74, 6) is -0.173. The predicted octanol–water partition coefficient (Wildman–Crippen LogP) is 6.35. The van der Waals surface area contributed by atoms with Crippen LogP contribution in [0.4, 0.5) is 0 Å². The Morgan fingerprint density at radius 3 is 2.52 bits per heavy atom. The zero-order chi connectivity index (χ0) is 18.0. The molecule has 2 aromatic rings. The number of allylic oxidation sites excluding steroid dienone is 1. The van der Waals surface area contributed by atoms with Gasteiger partial charge in [0.05, 0.1) is 5.41 Å². The summed E-state index contributed by atoms with van der Waals surface area (Å²) < 4.78 is 5.91. The van der Waals surface area contributed by atoms with Crippen LogP contribution in [0.25, 0.3) is 0 Å². The number of benzene rings is 2. The zero-order valence-corrected chi connectivity index (χ0v) is 15.6. The Balaban J connectivity index is 2.03. The summed E-state index contributed by atoms with van der Waals surface area (Å²) in [6, 6.07) is 15.2. The molecule has 1 heterocycles. The van der Waals surface area contributed by atoms with Crippen molar-refractivity contribution in [2.24, 2.45) is 5.41 Å². The molecule has 0 N–H and O–H groups in total. The minimum Gasteiger partial charge on any atom is -0.456 e. The van der Waals surface area contributed by atoms with Gasteiger partial charge in [0, 0.05) is 16.0 Å². The van der Waals surface area contributed by atoms with E-state index in [-0.39, 0.29) is 18.0 Å². The van der Waals surface area contributed by atoms with Crippen molar-refractivity contribution in [1.82, 2.24) is 0 Å². The second-order valence-corrected chi connectivity index (χ2v) is 7.67. The summed E-state index contributed by atoms with van der Waals surface area (Å²) in [5.41, 5.74) is 1.41. The largest absolute Gasteiger partial charge is 0.456 e. The highest BCUT2D eigenvalue weighted by molar-refractivity contribution is 6.30. The number of carbonyl (C=O) groups excluding carboxylic acids is 1. The summed E-state index contributed by atoms with van der Waals surface area (Å²) in [6.45, 7) is 5.73. The van der Waals surface area contributed by atoms with E-state index in [1.165, 1.54) is 0 Å².